The quantitative estimate of drug-likeness (QED) is 0.720. The third-order valence-corrected chi connectivity index (χ3v) is 7.37. The minimum Gasteiger partial charge on any atom is -0.504 e. The average Bonchev–Trinajstić information content (AvgIpc) is 2.78. The van der Waals surface area contributed by atoms with Gasteiger partial charge in [-0.1, -0.05) is 13.8 Å². The summed E-state index contributed by atoms with van der Waals surface area (Å²) in [6.07, 6.45) is 6.40. The van der Waals surface area contributed by atoms with E-state index >= 15 is 0 Å². The maximum absolute atomic E-state index is 12.4. The number of allylic oxidation sites excluding steroid dienone is 2. The van der Waals surface area contributed by atoms with Gasteiger partial charge >= 0.3 is 0 Å². The van der Waals surface area contributed by atoms with E-state index in [1.165, 1.54) is 6.08 Å². The van der Waals surface area contributed by atoms with Gasteiger partial charge in [0.15, 0.2) is 5.76 Å². The van der Waals surface area contributed by atoms with Gasteiger partial charge in [-0.3, -0.25) is 9.59 Å². The number of carbonyl (C=O) groups is 2. The second-order valence-electron chi connectivity index (χ2n) is 8.32. The van der Waals surface area contributed by atoms with Gasteiger partial charge in [0.1, 0.15) is 5.78 Å². The van der Waals surface area contributed by atoms with Gasteiger partial charge in [0.25, 0.3) is 0 Å². The van der Waals surface area contributed by atoms with Gasteiger partial charge in [-0.05, 0) is 61.2 Å². The number of aliphatic hydroxyl groups excluding tert-OH is 2. The number of fused-ring (bicyclic) bond motifs is 5. The Balaban J connectivity index is 1.78. The molecule has 3 unspecified atom stereocenters. The molecule has 2 N–H and O–H groups in total. The molecule has 3 saturated carbocycles. The van der Waals surface area contributed by atoms with E-state index in [1.54, 1.807) is 6.08 Å². The van der Waals surface area contributed by atoms with Crippen LogP contribution in [0.15, 0.2) is 23.5 Å². The monoisotopic (exact) mass is 316 g/mol. The number of hydrogen-bond acceptors (Lipinski definition) is 4. The van der Waals surface area contributed by atoms with Crippen LogP contribution in [0.1, 0.15) is 46.0 Å². The molecule has 3 fully saturated rings. The third kappa shape index (κ3) is 1.81. The minimum absolute atomic E-state index is 0.208. The SMILES string of the molecule is C[C@]12C=C(O)C(=O)C=C1[C@H](O)CC1C2CC[C@]2(C)C(=O)CCC12. The smallest absolute Gasteiger partial charge is 0.219 e. The lowest BCUT2D eigenvalue weighted by atomic mass is 9.48. The van der Waals surface area contributed by atoms with Crippen LogP contribution in [-0.4, -0.2) is 27.9 Å². The Bertz CT molecular complexity index is 660. The minimum atomic E-state index is -0.660. The van der Waals surface area contributed by atoms with Crippen molar-refractivity contribution in [3.8, 4) is 0 Å². The second-order valence-corrected chi connectivity index (χ2v) is 8.32. The molecule has 4 aliphatic carbocycles. The fraction of sp³-hybridized carbons (Fsp3) is 0.684. The topological polar surface area (TPSA) is 74.6 Å². The highest BCUT2D eigenvalue weighted by Crippen LogP contribution is 2.63. The summed E-state index contributed by atoms with van der Waals surface area (Å²) in [6, 6.07) is 0. The lowest BCUT2D eigenvalue weighted by Crippen LogP contribution is -2.53. The number of Topliss-reactive ketones (excluding diaryl/α,β-unsaturated/α-hetero) is 1. The number of carbonyl (C=O) groups excluding carboxylic acids is 2. The summed E-state index contributed by atoms with van der Waals surface area (Å²) >= 11 is 0. The van der Waals surface area contributed by atoms with Crippen molar-refractivity contribution in [3.63, 3.8) is 0 Å². The highest BCUT2D eigenvalue weighted by Gasteiger charge is 2.60. The summed E-state index contributed by atoms with van der Waals surface area (Å²) in [6.45, 7) is 4.13. The van der Waals surface area contributed by atoms with E-state index in [1.807, 2.05) is 6.92 Å². The van der Waals surface area contributed by atoms with Crippen molar-refractivity contribution in [1.82, 2.24) is 0 Å². The van der Waals surface area contributed by atoms with E-state index in [9.17, 15) is 19.8 Å². The first-order chi connectivity index (χ1) is 10.8. The van der Waals surface area contributed by atoms with Gasteiger partial charge < -0.3 is 10.2 Å². The number of ketones is 2. The molecule has 0 aliphatic heterocycles. The van der Waals surface area contributed by atoms with E-state index in [0.29, 0.717) is 24.5 Å². The second kappa shape index (κ2) is 4.56. The molecular formula is C19H24O4. The van der Waals surface area contributed by atoms with Crippen LogP contribution in [0.3, 0.4) is 0 Å². The molecule has 0 spiro atoms. The van der Waals surface area contributed by atoms with Crippen molar-refractivity contribution in [2.45, 2.75) is 52.1 Å². The standard InChI is InChI=1S/C19H24O4/c1-18-6-5-12-10(11(18)3-4-17(18)23)7-14(20)13-8-15(21)16(22)9-19(12,13)2/h8-12,14,20,22H,3-7H2,1-2H3/t10?,11?,12?,14-,18+,19-/m1/s1. The molecule has 0 aromatic carbocycles. The number of hydrogen-bond donors (Lipinski definition) is 2. The molecule has 0 amide bonds. The summed E-state index contributed by atoms with van der Waals surface area (Å²) in [5, 5.41) is 20.6. The van der Waals surface area contributed by atoms with E-state index < -0.39 is 17.3 Å². The van der Waals surface area contributed by atoms with Crippen LogP contribution < -0.4 is 0 Å². The van der Waals surface area contributed by atoms with Crippen LogP contribution in [-0.2, 0) is 9.59 Å². The molecule has 6 atom stereocenters. The van der Waals surface area contributed by atoms with E-state index in [0.717, 1.165) is 24.8 Å². The molecule has 0 aromatic rings. The Labute approximate surface area is 136 Å². The summed E-state index contributed by atoms with van der Waals surface area (Å²) in [7, 11) is 0. The van der Waals surface area contributed by atoms with Crippen molar-refractivity contribution in [2.75, 3.05) is 0 Å². The van der Waals surface area contributed by atoms with E-state index in [-0.39, 0.29) is 23.0 Å². The van der Waals surface area contributed by atoms with Crippen LogP contribution in [0, 0.1) is 28.6 Å². The maximum atomic E-state index is 12.4. The van der Waals surface area contributed by atoms with Crippen LogP contribution in [0.4, 0.5) is 0 Å². The van der Waals surface area contributed by atoms with Crippen LogP contribution in [0.5, 0.6) is 0 Å². The molecule has 23 heavy (non-hydrogen) atoms. The molecule has 0 aromatic heterocycles. The largest absolute Gasteiger partial charge is 0.504 e. The van der Waals surface area contributed by atoms with Gasteiger partial charge in [0.05, 0.1) is 6.10 Å². The molecule has 4 heteroatoms. The van der Waals surface area contributed by atoms with Crippen LogP contribution >= 0.6 is 0 Å². The van der Waals surface area contributed by atoms with E-state index in [2.05, 4.69) is 6.92 Å². The third-order valence-electron chi connectivity index (χ3n) is 7.37. The highest BCUT2D eigenvalue weighted by atomic mass is 16.3. The summed E-state index contributed by atoms with van der Waals surface area (Å²) in [4.78, 5) is 24.2. The Morgan fingerprint density at radius 1 is 1.17 bits per heavy atom. The molecule has 0 heterocycles. The Kier molecular flexibility index (Phi) is 3.00. The normalized spacial score (nSPS) is 49.0. The van der Waals surface area contributed by atoms with Gasteiger partial charge in [0.2, 0.25) is 5.78 Å². The average molecular weight is 316 g/mol. The first kappa shape index (κ1) is 15.1. The maximum Gasteiger partial charge on any atom is 0.219 e. The van der Waals surface area contributed by atoms with Crippen molar-refractivity contribution >= 4 is 11.6 Å². The fourth-order valence-corrected chi connectivity index (χ4v) is 6.10. The van der Waals surface area contributed by atoms with Gasteiger partial charge in [-0.15, -0.1) is 0 Å². The van der Waals surface area contributed by atoms with Crippen molar-refractivity contribution in [1.29, 1.82) is 0 Å². The zero-order chi connectivity index (χ0) is 16.6. The molecule has 0 radical (unpaired) electrons. The molecule has 4 rings (SSSR count). The first-order valence-corrected chi connectivity index (χ1v) is 8.67. The zero-order valence-corrected chi connectivity index (χ0v) is 13.7. The zero-order valence-electron chi connectivity index (χ0n) is 13.7. The fourth-order valence-electron chi connectivity index (χ4n) is 6.10. The lowest BCUT2D eigenvalue weighted by molar-refractivity contribution is -0.133. The first-order valence-electron chi connectivity index (χ1n) is 8.67. The highest BCUT2D eigenvalue weighted by molar-refractivity contribution is 6.04. The lowest BCUT2D eigenvalue weighted by Gasteiger charge is -2.56. The summed E-state index contributed by atoms with van der Waals surface area (Å²) in [5.41, 5.74) is 0.0247. The van der Waals surface area contributed by atoms with E-state index in [4.69, 9.17) is 0 Å². The number of rotatable bonds is 0. The molecule has 124 valence electrons. The van der Waals surface area contributed by atoms with Crippen LogP contribution in [0.2, 0.25) is 0 Å². The predicted octanol–water partition coefficient (Wildman–Crippen LogP) is 2.72. The Hall–Kier alpha value is -1.42. The Morgan fingerprint density at radius 2 is 1.91 bits per heavy atom. The van der Waals surface area contributed by atoms with Crippen LogP contribution in [0.25, 0.3) is 0 Å². The van der Waals surface area contributed by atoms with Crippen molar-refractivity contribution in [3.05, 3.63) is 23.5 Å². The summed E-state index contributed by atoms with van der Waals surface area (Å²) in [5.74, 6) is 0.617. The van der Waals surface area contributed by atoms with Crippen molar-refractivity contribution in [2.24, 2.45) is 28.6 Å². The predicted molar refractivity (Wildman–Crippen MR) is 84.6 cm³/mol. The molecule has 0 bridgehead atoms. The van der Waals surface area contributed by atoms with Gasteiger partial charge in [0, 0.05) is 17.3 Å². The van der Waals surface area contributed by atoms with Gasteiger partial charge in [-0.25, -0.2) is 0 Å². The molecule has 4 nitrogen and oxygen atoms in total. The molecule has 0 saturated heterocycles. The molecular weight excluding hydrogens is 292 g/mol. The number of aliphatic hydroxyl groups is 2. The Morgan fingerprint density at radius 3 is 2.65 bits per heavy atom. The summed E-state index contributed by atoms with van der Waals surface area (Å²) < 4.78 is 0. The molecule has 4 aliphatic rings. The van der Waals surface area contributed by atoms with Gasteiger partial charge in [-0.2, -0.15) is 0 Å². The van der Waals surface area contributed by atoms with Crippen molar-refractivity contribution < 1.29 is 19.8 Å².